The third-order valence-electron chi connectivity index (χ3n) is 4.18. The molecule has 1 fully saturated rings. The molecule has 3 rings (SSSR count). The van der Waals surface area contributed by atoms with E-state index in [4.69, 9.17) is 0 Å². The van der Waals surface area contributed by atoms with Crippen LogP contribution < -0.4 is 5.32 Å². The molecule has 1 saturated heterocycles. The molecule has 1 unspecified atom stereocenters. The number of urea groups is 1. The van der Waals surface area contributed by atoms with Crippen LogP contribution in [0.4, 0.5) is 4.79 Å². The molecule has 2 aromatic carbocycles. The molecule has 0 aromatic heterocycles. The van der Waals surface area contributed by atoms with Gasteiger partial charge in [-0.1, -0.05) is 67.6 Å². The van der Waals surface area contributed by atoms with E-state index in [2.05, 4.69) is 5.32 Å². The Balaban J connectivity index is 0.00000208. The lowest BCUT2D eigenvalue weighted by molar-refractivity contribution is -0.128. The monoisotopic (exact) mass is 438 g/mol. The standard InChI is InChI=1S/C18H18N2O3.HI/c1-2-15(21)20-17(23)19-16(22)18(20,13-9-5-3-6-10-13)14-11-7-4-8-12-14;/h3-12,15,21H,2H2,1H3,(H,19,22,23);1H. The molecule has 24 heavy (non-hydrogen) atoms. The number of carbonyl (C=O) groups excluding carboxylic acids is 2. The van der Waals surface area contributed by atoms with Gasteiger partial charge in [0.1, 0.15) is 6.23 Å². The van der Waals surface area contributed by atoms with Gasteiger partial charge in [-0.2, -0.15) is 0 Å². The molecule has 6 heteroatoms. The Labute approximate surface area is 157 Å². The lowest BCUT2D eigenvalue weighted by Gasteiger charge is -2.38. The van der Waals surface area contributed by atoms with E-state index >= 15 is 0 Å². The van der Waals surface area contributed by atoms with Gasteiger partial charge in [0.25, 0.3) is 5.91 Å². The Morgan fingerprint density at radius 1 is 1.00 bits per heavy atom. The second-order valence-corrected chi connectivity index (χ2v) is 5.46. The number of halogens is 1. The summed E-state index contributed by atoms with van der Waals surface area (Å²) in [5, 5.41) is 12.8. The summed E-state index contributed by atoms with van der Waals surface area (Å²) in [4.78, 5) is 26.5. The summed E-state index contributed by atoms with van der Waals surface area (Å²) in [6.45, 7) is 1.77. The number of benzene rings is 2. The lowest BCUT2D eigenvalue weighted by atomic mass is 9.81. The molecule has 0 spiro atoms. The Morgan fingerprint density at radius 2 is 1.46 bits per heavy atom. The predicted octanol–water partition coefficient (Wildman–Crippen LogP) is 2.83. The first-order chi connectivity index (χ1) is 11.1. The van der Waals surface area contributed by atoms with Gasteiger partial charge < -0.3 is 5.11 Å². The second kappa shape index (κ2) is 7.31. The van der Waals surface area contributed by atoms with Crippen molar-refractivity contribution in [2.75, 3.05) is 0 Å². The van der Waals surface area contributed by atoms with Gasteiger partial charge in [-0.3, -0.25) is 15.0 Å². The molecule has 1 aliphatic rings. The zero-order valence-corrected chi connectivity index (χ0v) is 15.5. The predicted molar refractivity (Wildman–Crippen MR) is 101 cm³/mol. The number of hydrogen-bond donors (Lipinski definition) is 2. The number of imide groups is 1. The first-order valence-corrected chi connectivity index (χ1v) is 7.56. The molecule has 5 nitrogen and oxygen atoms in total. The molecule has 0 aliphatic carbocycles. The van der Waals surface area contributed by atoms with Crippen molar-refractivity contribution in [2.24, 2.45) is 0 Å². The van der Waals surface area contributed by atoms with E-state index in [-0.39, 0.29) is 24.0 Å². The number of carbonyl (C=O) groups is 2. The Kier molecular flexibility index (Phi) is 5.61. The molecule has 1 aliphatic heterocycles. The smallest absolute Gasteiger partial charge is 0.327 e. The molecular formula is C18H19IN2O3. The number of nitrogens with one attached hydrogen (secondary N) is 1. The molecule has 0 saturated carbocycles. The van der Waals surface area contributed by atoms with Crippen LogP contribution in [0.25, 0.3) is 0 Å². The van der Waals surface area contributed by atoms with E-state index in [0.717, 1.165) is 0 Å². The van der Waals surface area contributed by atoms with E-state index in [1.807, 2.05) is 36.4 Å². The third-order valence-corrected chi connectivity index (χ3v) is 4.18. The fourth-order valence-corrected chi connectivity index (χ4v) is 3.12. The van der Waals surface area contributed by atoms with Crippen LogP contribution in [0.5, 0.6) is 0 Å². The van der Waals surface area contributed by atoms with Gasteiger partial charge in [-0.15, -0.1) is 24.0 Å². The van der Waals surface area contributed by atoms with Gasteiger partial charge >= 0.3 is 6.03 Å². The minimum absolute atomic E-state index is 0. The number of rotatable bonds is 4. The topological polar surface area (TPSA) is 69.6 Å². The van der Waals surface area contributed by atoms with Gasteiger partial charge in [-0.25, -0.2) is 4.79 Å². The summed E-state index contributed by atoms with van der Waals surface area (Å²) in [7, 11) is 0. The zero-order chi connectivity index (χ0) is 16.4. The Bertz CT molecular complexity index is 682. The van der Waals surface area contributed by atoms with Crippen molar-refractivity contribution >= 4 is 35.9 Å². The van der Waals surface area contributed by atoms with E-state index < -0.39 is 23.7 Å². The first kappa shape index (κ1) is 18.4. The highest BCUT2D eigenvalue weighted by molar-refractivity contribution is 14.0. The van der Waals surface area contributed by atoms with Crippen LogP contribution in [0.15, 0.2) is 60.7 Å². The van der Waals surface area contributed by atoms with Crippen molar-refractivity contribution in [1.29, 1.82) is 0 Å². The number of aliphatic hydroxyl groups is 1. The fraction of sp³-hybridized carbons (Fsp3) is 0.222. The van der Waals surface area contributed by atoms with Gasteiger partial charge in [-0.05, 0) is 17.5 Å². The van der Waals surface area contributed by atoms with Crippen LogP contribution in [0.3, 0.4) is 0 Å². The third kappa shape index (κ3) is 2.69. The summed E-state index contributed by atoms with van der Waals surface area (Å²) in [5.41, 5.74) is -0.0845. The number of hydrogen-bond acceptors (Lipinski definition) is 3. The van der Waals surface area contributed by atoms with E-state index in [9.17, 15) is 14.7 Å². The Hall–Kier alpha value is -1.93. The lowest BCUT2D eigenvalue weighted by Crippen LogP contribution is -2.52. The molecule has 1 heterocycles. The summed E-state index contributed by atoms with van der Waals surface area (Å²) in [5.74, 6) is -0.451. The van der Waals surface area contributed by atoms with E-state index in [1.54, 1.807) is 31.2 Å². The molecule has 2 N–H and O–H groups in total. The molecule has 0 bridgehead atoms. The molecule has 0 radical (unpaired) electrons. The molecule has 1 atom stereocenters. The second-order valence-electron chi connectivity index (χ2n) is 5.46. The van der Waals surface area contributed by atoms with Crippen LogP contribution in [0.2, 0.25) is 0 Å². The van der Waals surface area contributed by atoms with Crippen LogP contribution in [-0.2, 0) is 10.3 Å². The van der Waals surface area contributed by atoms with Crippen LogP contribution in [-0.4, -0.2) is 28.2 Å². The SMILES string of the molecule is CCC(O)N1C(=O)NC(=O)C1(c1ccccc1)c1ccccc1.I. The average Bonchev–Trinajstić information content (AvgIpc) is 2.87. The van der Waals surface area contributed by atoms with Gasteiger partial charge in [0.2, 0.25) is 0 Å². The first-order valence-electron chi connectivity index (χ1n) is 7.56. The van der Waals surface area contributed by atoms with Crippen molar-refractivity contribution in [3.63, 3.8) is 0 Å². The quantitative estimate of drug-likeness (QED) is 0.570. The number of nitrogens with zero attached hydrogens (tertiary/aromatic N) is 1. The van der Waals surface area contributed by atoms with Gasteiger partial charge in [0, 0.05) is 0 Å². The normalized spacial score (nSPS) is 17.2. The minimum atomic E-state index is -1.37. The summed E-state index contributed by atoms with van der Waals surface area (Å²) >= 11 is 0. The zero-order valence-electron chi connectivity index (χ0n) is 13.2. The average molecular weight is 438 g/mol. The maximum Gasteiger partial charge on any atom is 0.327 e. The molecule has 2 aromatic rings. The minimum Gasteiger partial charge on any atom is -0.373 e. The Morgan fingerprint density at radius 3 is 1.88 bits per heavy atom. The fourth-order valence-electron chi connectivity index (χ4n) is 3.12. The number of aliphatic hydroxyl groups excluding tert-OH is 1. The summed E-state index contributed by atoms with van der Waals surface area (Å²) in [6, 6.07) is 17.5. The van der Waals surface area contributed by atoms with Crippen LogP contribution in [0.1, 0.15) is 24.5 Å². The number of amides is 3. The van der Waals surface area contributed by atoms with E-state index in [1.165, 1.54) is 4.90 Å². The van der Waals surface area contributed by atoms with Crippen LogP contribution in [0, 0.1) is 0 Å². The summed E-state index contributed by atoms with van der Waals surface area (Å²) in [6.07, 6.45) is -0.746. The van der Waals surface area contributed by atoms with Crippen molar-refractivity contribution in [2.45, 2.75) is 25.1 Å². The highest BCUT2D eigenvalue weighted by Crippen LogP contribution is 2.41. The summed E-state index contributed by atoms with van der Waals surface area (Å²) < 4.78 is 0. The highest BCUT2D eigenvalue weighted by Gasteiger charge is 2.57. The maximum absolute atomic E-state index is 12.9. The van der Waals surface area contributed by atoms with Crippen LogP contribution >= 0.6 is 24.0 Å². The highest BCUT2D eigenvalue weighted by atomic mass is 127. The largest absolute Gasteiger partial charge is 0.373 e. The van der Waals surface area contributed by atoms with Crippen molar-refractivity contribution in [3.8, 4) is 0 Å². The van der Waals surface area contributed by atoms with Crippen molar-refractivity contribution in [3.05, 3.63) is 71.8 Å². The molecular weight excluding hydrogens is 419 g/mol. The van der Waals surface area contributed by atoms with Crippen molar-refractivity contribution < 1.29 is 14.7 Å². The molecule has 3 amide bonds. The van der Waals surface area contributed by atoms with E-state index in [0.29, 0.717) is 17.5 Å². The van der Waals surface area contributed by atoms with Crippen molar-refractivity contribution in [1.82, 2.24) is 10.2 Å². The van der Waals surface area contributed by atoms with Gasteiger partial charge in [0.05, 0.1) is 0 Å². The van der Waals surface area contributed by atoms with Gasteiger partial charge in [0.15, 0.2) is 5.54 Å². The molecule has 126 valence electrons. The maximum atomic E-state index is 12.9.